The monoisotopic (exact) mass is 230 g/mol. The van der Waals surface area contributed by atoms with Crippen LogP contribution >= 0.6 is 0 Å². The summed E-state index contributed by atoms with van der Waals surface area (Å²) < 4.78 is 5.61. The fourth-order valence-corrected chi connectivity index (χ4v) is 1.23. The van der Waals surface area contributed by atoms with Gasteiger partial charge in [-0.3, -0.25) is 0 Å². The SMILES string of the molecule is CC(C)(C)NCCCNCCOC(C)(C)C. The first-order chi connectivity index (χ1) is 7.21. The summed E-state index contributed by atoms with van der Waals surface area (Å²) in [6.45, 7) is 16.7. The molecule has 0 aromatic carbocycles. The third-order valence-electron chi connectivity index (χ3n) is 2.00. The molecule has 3 heteroatoms. The molecule has 0 bridgehead atoms. The van der Waals surface area contributed by atoms with Crippen LogP contribution in [0.2, 0.25) is 0 Å². The molecule has 0 aliphatic heterocycles. The Morgan fingerprint density at radius 2 is 1.50 bits per heavy atom. The predicted molar refractivity (Wildman–Crippen MR) is 70.9 cm³/mol. The highest BCUT2D eigenvalue weighted by atomic mass is 16.5. The van der Waals surface area contributed by atoms with Gasteiger partial charge in [-0.15, -0.1) is 0 Å². The van der Waals surface area contributed by atoms with Crippen LogP contribution in [0.1, 0.15) is 48.0 Å². The molecule has 0 fully saturated rings. The second kappa shape index (κ2) is 7.25. The molecule has 0 aliphatic carbocycles. The van der Waals surface area contributed by atoms with Gasteiger partial charge in [0.15, 0.2) is 0 Å². The minimum Gasteiger partial charge on any atom is -0.375 e. The molecule has 0 aliphatic rings. The molecule has 0 unspecified atom stereocenters. The van der Waals surface area contributed by atoms with Crippen molar-refractivity contribution in [1.29, 1.82) is 0 Å². The molecule has 0 amide bonds. The summed E-state index contributed by atoms with van der Waals surface area (Å²) in [6.07, 6.45) is 1.16. The van der Waals surface area contributed by atoms with E-state index in [2.05, 4.69) is 52.2 Å². The largest absolute Gasteiger partial charge is 0.375 e. The first kappa shape index (κ1) is 15.9. The van der Waals surface area contributed by atoms with E-state index in [0.717, 1.165) is 32.7 Å². The van der Waals surface area contributed by atoms with Crippen LogP contribution in [0.4, 0.5) is 0 Å². The number of ether oxygens (including phenoxy) is 1. The van der Waals surface area contributed by atoms with Crippen LogP contribution in [-0.4, -0.2) is 37.4 Å². The first-order valence-corrected chi connectivity index (χ1v) is 6.30. The lowest BCUT2D eigenvalue weighted by Crippen LogP contribution is -2.37. The van der Waals surface area contributed by atoms with Gasteiger partial charge in [-0.05, 0) is 61.1 Å². The standard InChI is InChI=1S/C13H30N2O/c1-12(2,3)15-9-7-8-14-10-11-16-13(4,5)6/h14-15H,7-11H2,1-6H3. The molecule has 0 radical (unpaired) electrons. The van der Waals surface area contributed by atoms with E-state index in [4.69, 9.17) is 4.74 Å². The molecule has 0 aromatic rings. The Morgan fingerprint density at radius 1 is 0.875 bits per heavy atom. The molecule has 3 nitrogen and oxygen atoms in total. The van der Waals surface area contributed by atoms with Gasteiger partial charge >= 0.3 is 0 Å². The lowest BCUT2D eigenvalue weighted by atomic mass is 10.1. The van der Waals surface area contributed by atoms with Gasteiger partial charge < -0.3 is 15.4 Å². The average molecular weight is 230 g/mol. The van der Waals surface area contributed by atoms with Crippen LogP contribution in [0, 0.1) is 0 Å². The van der Waals surface area contributed by atoms with Crippen LogP contribution in [0.5, 0.6) is 0 Å². The Balaban J connectivity index is 3.17. The Kier molecular flexibility index (Phi) is 7.20. The zero-order valence-electron chi connectivity index (χ0n) is 11.9. The Morgan fingerprint density at radius 3 is 2.00 bits per heavy atom. The van der Waals surface area contributed by atoms with Crippen LogP contribution in [0.25, 0.3) is 0 Å². The van der Waals surface area contributed by atoms with Crippen LogP contribution in [-0.2, 0) is 4.74 Å². The van der Waals surface area contributed by atoms with Gasteiger partial charge in [-0.25, -0.2) is 0 Å². The molecular weight excluding hydrogens is 200 g/mol. The fourth-order valence-electron chi connectivity index (χ4n) is 1.23. The van der Waals surface area contributed by atoms with Crippen molar-refractivity contribution in [2.45, 2.75) is 59.1 Å². The van der Waals surface area contributed by atoms with E-state index in [-0.39, 0.29) is 11.1 Å². The maximum atomic E-state index is 5.61. The zero-order chi connectivity index (χ0) is 12.7. The van der Waals surface area contributed by atoms with Gasteiger partial charge in [0.1, 0.15) is 0 Å². The molecule has 0 saturated carbocycles. The van der Waals surface area contributed by atoms with Gasteiger partial charge in [-0.2, -0.15) is 0 Å². The number of rotatable bonds is 7. The first-order valence-electron chi connectivity index (χ1n) is 6.30. The summed E-state index contributed by atoms with van der Waals surface area (Å²) in [5.41, 5.74) is 0.213. The van der Waals surface area contributed by atoms with E-state index < -0.39 is 0 Å². The summed E-state index contributed by atoms with van der Waals surface area (Å²) in [5, 5.41) is 6.84. The van der Waals surface area contributed by atoms with Crippen molar-refractivity contribution in [1.82, 2.24) is 10.6 Å². The van der Waals surface area contributed by atoms with E-state index in [1.54, 1.807) is 0 Å². The van der Waals surface area contributed by atoms with Crippen LogP contribution in [0.3, 0.4) is 0 Å². The second-order valence-electron chi connectivity index (χ2n) is 6.24. The minimum absolute atomic E-state index is 0.0184. The number of nitrogens with one attached hydrogen (secondary N) is 2. The van der Waals surface area contributed by atoms with E-state index in [1.165, 1.54) is 0 Å². The molecule has 98 valence electrons. The lowest BCUT2D eigenvalue weighted by Gasteiger charge is -2.21. The molecule has 0 saturated heterocycles. The second-order valence-corrected chi connectivity index (χ2v) is 6.24. The fraction of sp³-hybridized carbons (Fsp3) is 1.00. The molecular formula is C13H30N2O. The predicted octanol–water partition coefficient (Wildman–Crippen LogP) is 2.17. The zero-order valence-corrected chi connectivity index (χ0v) is 11.9. The summed E-state index contributed by atoms with van der Waals surface area (Å²) in [7, 11) is 0. The van der Waals surface area contributed by atoms with Gasteiger partial charge in [0.05, 0.1) is 12.2 Å². The van der Waals surface area contributed by atoms with Crippen molar-refractivity contribution in [3.63, 3.8) is 0 Å². The van der Waals surface area contributed by atoms with Crippen molar-refractivity contribution >= 4 is 0 Å². The van der Waals surface area contributed by atoms with Gasteiger partial charge in [0.25, 0.3) is 0 Å². The lowest BCUT2D eigenvalue weighted by molar-refractivity contribution is -0.000755. The maximum Gasteiger partial charge on any atom is 0.0599 e. The molecule has 0 heterocycles. The summed E-state index contributed by atoms with van der Waals surface area (Å²) >= 11 is 0. The highest BCUT2D eigenvalue weighted by Gasteiger charge is 2.09. The van der Waals surface area contributed by atoms with E-state index in [9.17, 15) is 0 Å². The average Bonchev–Trinajstić information content (AvgIpc) is 2.06. The van der Waals surface area contributed by atoms with Crippen molar-refractivity contribution in [2.24, 2.45) is 0 Å². The van der Waals surface area contributed by atoms with Crippen LogP contribution < -0.4 is 10.6 Å². The number of hydrogen-bond acceptors (Lipinski definition) is 3. The number of hydrogen-bond donors (Lipinski definition) is 2. The molecule has 16 heavy (non-hydrogen) atoms. The van der Waals surface area contributed by atoms with Crippen molar-refractivity contribution in [2.75, 3.05) is 26.2 Å². The summed E-state index contributed by atoms with van der Waals surface area (Å²) in [5.74, 6) is 0. The Hall–Kier alpha value is -0.120. The molecule has 0 atom stereocenters. The van der Waals surface area contributed by atoms with Crippen molar-refractivity contribution < 1.29 is 4.74 Å². The Bertz CT molecular complexity index is 148. The highest BCUT2D eigenvalue weighted by Crippen LogP contribution is 2.04. The molecule has 0 aromatic heterocycles. The highest BCUT2D eigenvalue weighted by molar-refractivity contribution is 4.69. The van der Waals surface area contributed by atoms with Gasteiger partial charge in [0.2, 0.25) is 0 Å². The quantitative estimate of drug-likeness (QED) is 0.658. The molecule has 0 spiro atoms. The van der Waals surface area contributed by atoms with E-state index in [1.807, 2.05) is 0 Å². The third kappa shape index (κ3) is 13.9. The van der Waals surface area contributed by atoms with Crippen molar-refractivity contribution in [3.8, 4) is 0 Å². The van der Waals surface area contributed by atoms with Gasteiger partial charge in [0, 0.05) is 12.1 Å². The van der Waals surface area contributed by atoms with Crippen LogP contribution in [0.15, 0.2) is 0 Å². The molecule has 2 N–H and O–H groups in total. The smallest absolute Gasteiger partial charge is 0.0599 e. The Labute approximate surface area is 101 Å². The van der Waals surface area contributed by atoms with E-state index >= 15 is 0 Å². The topological polar surface area (TPSA) is 33.3 Å². The summed E-state index contributed by atoms with van der Waals surface area (Å²) in [4.78, 5) is 0. The molecule has 0 rings (SSSR count). The third-order valence-corrected chi connectivity index (χ3v) is 2.00. The van der Waals surface area contributed by atoms with E-state index in [0.29, 0.717) is 0 Å². The van der Waals surface area contributed by atoms with Crippen molar-refractivity contribution in [3.05, 3.63) is 0 Å². The summed E-state index contributed by atoms with van der Waals surface area (Å²) in [6, 6.07) is 0. The minimum atomic E-state index is -0.0184. The maximum absolute atomic E-state index is 5.61. The normalized spacial score (nSPS) is 13.1. The van der Waals surface area contributed by atoms with Gasteiger partial charge in [-0.1, -0.05) is 0 Å².